The van der Waals surface area contributed by atoms with Crippen molar-refractivity contribution >= 4 is 5.69 Å². The van der Waals surface area contributed by atoms with E-state index in [2.05, 4.69) is 5.32 Å². The Morgan fingerprint density at radius 3 is 2.06 bits per heavy atom. The molecule has 2 N–H and O–H groups in total. The number of anilines is 1. The van der Waals surface area contributed by atoms with E-state index < -0.39 is 0 Å². The molecule has 0 spiro atoms. The third-order valence-corrected chi connectivity index (χ3v) is 2.35. The molecule has 0 bridgehead atoms. The zero-order valence-corrected chi connectivity index (χ0v) is 10.4. The highest BCUT2D eigenvalue weighted by Crippen LogP contribution is 2.38. The summed E-state index contributed by atoms with van der Waals surface area (Å²) in [7, 11) is 4.77. The second-order valence-corrected chi connectivity index (χ2v) is 3.41. The predicted octanol–water partition coefficient (Wildman–Crippen LogP) is 1.51. The number of aliphatic hydroxyl groups excluding tert-OH is 1. The summed E-state index contributed by atoms with van der Waals surface area (Å²) in [5.41, 5.74) is 0.768. The van der Waals surface area contributed by atoms with Crippen LogP contribution in [-0.4, -0.2) is 39.6 Å². The van der Waals surface area contributed by atoms with E-state index in [4.69, 9.17) is 19.3 Å². The smallest absolute Gasteiger partial charge is 0.149 e. The molecule has 17 heavy (non-hydrogen) atoms. The van der Waals surface area contributed by atoms with Crippen LogP contribution in [-0.2, 0) is 0 Å². The molecule has 0 amide bonds. The molecule has 0 saturated heterocycles. The van der Waals surface area contributed by atoms with Gasteiger partial charge in [0.1, 0.15) is 22.9 Å². The minimum atomic E-state index is 0.147. The van der Waals surface area contributed by atoms with E-state index in [1.54, 1.807) is 33.5 Å². The summed E-state index contributed by atoms with van der Waals surface area (Å²) < 4.78 is 15.7. The fourth-order valence-electron chi connectivity index (χ4n) is 1.47. The Bertz CT molecular complexity index is 329. The number of hydrogen-bond donors (Lipinski definition) is 2. The standard InChI is InChI=1S/C12H19NO4/c1-15-9-7-10(16-2)12(11(8-9)17-3)13-5-4-6-14/h7-8,13-14H,4-6H2,1-3H3. The summed E-state index contributed by atoms with van der Waals surface area (Å²) in [6, 6.07) is 3.56. The molecule has 0 atom stereocenters. The Morgan fingerprint density at radius 1 is 1.06 bits per heavy atom. The van der Waals surface area contributed by atoms with Gasteiger partial charge in [-0.05, 0) is 6.42 Å². The normalized spacial score (nSPS) is 9.88. The van der Waals surface area contributed by atoms with E-state index in [1.165, 1.54) is 0 Å². The molecule has 1 aromatic carbocycles. The maximum Gasteiger partial charge on any atom is 0.149 e. The van der Waals surface area contributed by atoms with Crippen LogP contribution in [0.5, 0.6) is 17.2 Å². The van der Waals surface area contributed by atoms with Crippen LogP contribution in [0.2, 0.25) is 0 Å². The van der Waals surface area contributed by atoms with Crippen LogP contribution in [0.15, 0.2) is 12.1 Å². The largest absolute Gasteiger partial charge is 0.496 e. The number of nitrogens with one attached hydrogen (secondary N) is 1. The van der Waals surface area contributed by atoms with Gasteiger partial charge < -0.3 is 24.6 Å². The lowest BCUT2D eigenvalue weighted by Crippen LogP contribution is -2.06. The summed E-state index contributed by atoms with van der Waals surface area (Å²) in [6.45, 7) is 0.795. The summed E-state index contributed by atoms with van der Waals surface area (Å²) >= 11 is 0. The van der Waals surface area contributed by atoms with E-state index >= 15 is 0 Å². The first-order valence-electron chi connectivity index (χ1n) is 5.41. The van der Waals surface area contributed by atoms with Gasteiger partial charge in [-0.3, -0.25) is 0 Å². The molecule has 0 aliphatic carbocycles. The number of ether oxygens (including phenoxy) is 3. The van der Waals surface area contributed by atoms with Crippen molar-refractivity contribution in [2.24, 2.45) is 0 Å². The predicted molar refractivity (Wildman–Crippen MR) is 66.3 cm³/mol. The van der Waals surface area contributed by atoms with Crippen molar-refractivity contribution in [3.8, 4) is 17.2 Å². The van der Waals surface area contributed by atoms with Crippen LogP contribution < -0.4 is 19.5 Å². The molecule has 0 unspecified atom stereocenters. The molecular formula is C12H19NO4. The molecule has 0 aliphatic rings. The molecule has 5 nitrogen and oxygen atoms in total. The Hall–Kier alpha value is -1.62. The van der Waals surface area contributed by atoms with Gasteiger partial charge in [0.2, 0.25) is 0 Å². The molecule has 0 saturated carbocycles. The second-order valence-electron chi connectivity index (χ2n) is 3.41. The van der Waals surface area contributed by atoms with Crippen molar-refractivity contribution in [3.63, 3.8) is 0 Å². The van der Waals surface area contributed by atoms with Crippen LogP contribution >= 0.6 is 0 Å². The fraction of sp³-hybridized carbons (Fsp3) is 0.500. The molecule has 0 fully saturated rings. The number of benzene rings is 1. The van der Waals surface area contributed by atoms with E-state index in [0.29, 0.717) is 30.2 Å². The molecule has 0 aromatic heterocycles. The Labute approximate surface area is 101 Å². The molecule has 0 radical (unpaired) electrons. The van der Waals surface area contributed by atoms with Crippen molar-refractivity contribution in [3.05, 3.63) is 12.1 Å². The van der Waals surface area contributed by atoms with Crippen LogP contribution in [0.1, 0.15) is 6.42 Å². The lowest BCUT2D eigenvalue weighted by molar-refractivity contribution is 0.292. The van der Waals surface area contributed by atoms with Crippen molar-refractivity contribution in [1.82, 2.24) is 0 Å². The monoisotopic (exact) mass is 241 g/mol. The number of hydrogen-bond acceptors (Lipinski definition) is 5. The molecular weight excluding hydrogens is 222 g/mol. The summed E-state index contributed by atoms with van der Waals surface area (Å²) in [4.78, 5) is 0. The first-order valence-corrected chi connectivity index (χ1v) is 5.41. The van der Waals surface area contributed by atoms with E-state index in [1.807, 2.05) is 0 Å². The summed E-state index contributed by atoms with van der Waals surface area (Å²) in [5, 5.41) is 11.9. The quantitative estimate of drug-likeness (QED) is 0.708. The number of rotatable bonds is 7. The molecule has 1 rings (SSSR count). The second kappa shape index (κ2) is 6.85. The minimum Gasteiger partial charge on any atom is -0.496 e. The zero-order valence-electron chi connectivity index (χ0n) is 10.4. The van der Waals surface area contributed by atoms with Gasteiger partial charge in [0.05, 0.1) is 21.3 Å². The third-order valence-electron chi connectivity index (χ3n) is 2.35. The lowest BCUT2D eigenvalue weighted by Gasteiger charge is -2.16. The van der Waals surface area contributed by atoms with Crippen molar-refractivity contribution in [1.29, 1.82) is 0 Å². The SMILES string of the molecule is COc1cc(OC)c(NCCCO)c(OC)c1. The van der Waals surface area contributed by atoms with Gasteiger partial charge in [-0.1, -0.05) is 0 Å². The van der Waals surface area contributed by atoms with Crippen molar-refractivity contribution in [2.75, 3.05) is 39.8 Å². The molecule has 0 aliphatic heterocycles. The van der Waals surface area contributed by atoms with Crippen LogP contribution in [0.3, 0.4) is 0 Å². The minimum absolute atomic E-state index is 0.147. The van der Waals surface area contributed by atoms with Gasteiger partial charge >= 0.3 is 0 Å². The van der Waals surface area contributed by atoms with Gasteiger partial charge in [0.25, 0.3) is 0 Å². The fourth-order valence-corrected chi connectivity index (χ4v) is 1.47. The van der Waals surface area contributed by atoms with Crippen LogP contribution in [0.4, 0.5) is 5.69 Å². The maximum absolute atomic E-state index is 8.76. The van der Waals surface area contributed by atoms with E-state index in [9.17, 15) is 0 Å². The van der Waals surface area contributed by atoms with Crippen molar-refractivity contribution in [2.45, 2.75) is 6.42 Å². The van der Waals surface area contributed by atoms with Gasteiger partial charge in [-0.15, -0.1) is 0 Å². The third kappa shape index (κ3) is 3.42. The first-order chi connectivity index (χ1) is 8.26. The van der Waals surface area contributed by atoms with Gasteiger partial charge in [-0.2, -0.15) is 0 Å². The van der Waals surface area contributed by atoms with E-state index in [-0.39, 0.29) is 6.61 Å². The number of methoxy groups -OCH3 is 3. The topological polar surface area (TPSA) is 60.0 Å². The van der Waals surface area contributed by atoms with Gasteiger partial charge in [0.15, 0.2) is 0 Å². The van der Waals surface area contributed by atoms with Crippen LogP contribution in [0.25, 0.3) is 0 Å². The van der Waals surface area contributed by atoms with Gasteiger partial charge in [-0.25, -0.2) is 0 Å². The molecule has 96 valence electrons. The van der Waals surface area contributed by atoms with E-state index in [0.717, 1.165) is 5.69 Å². The van der Waals surface area contributed by atoms with Crippen LogP contribution in [0, 0.1) is 0 Å². The summed E-state index contributed by atoms with van der Waals surface area (Å²) in [6.07, 6.45) is 0.665. The average Bonchev–Trinajstić information content (AvgIpc) is 2.38. The van der Waals surface area contributed by atoms with Crippen molar-refractivity contribution < 1.29 is 19.3 Å². The Kier molecular flexibility index (Phi) is 5.42. The highest BCUT2D eigenvalue weighted by atomic mass is 16.5. The van der Waals surface area contributed by atoms with Gasteiger partial charge in [0, 0.05) is 25.3 Å². The highest BCUT2D eigenvalue weighted by Gasteiger charge is 2.12. The highest BCUT2D eigenvalue weighted by molar-refractivity contribution is 5.68. The average molecular weight is 241 g/mol. The summed E-state index contributed by atoms with van der Waals surface area (Å²) in [5.74, 6) is 1.98. The Morgan fingerprint density at radius 2 is 1.65 bits per heavy atom. The lowest BCUT2D eigenvalue weighted by atomic mass is 10.2. The molecule has 0 heterocycles. The molecule has 5 heteroatoms. The molecule has 1 aromatic rings. The number of aliphatic hydroxyl groups is 1. The maximum atomic E-state index is 8.76. The first kappa shape index (κ1) is 13.4. The Balaban J connectivity index is 2.98. The zero-order chi connectivity index (χ0) is 12.7.